The van der Waals surface area contributed by atoms with Crippen molar-refractivity contribution in [1.82, 2.24) is 10.2 Å². The van der Waals surface area contributed by atoms with Crippen LogP contribution in [0.25, 0.3) is 11.1 Å². The number of hydrogen-bond donors (Lipinski definition) is 2. The van der Waals surface area contributed by atoms with E-state index in [1.807, 2.05) is 30.5 Å². The molecule has 4 rings (SSSR count). The second kappa shape index (κ2) is 10.8. The van der Waals surface area contributed by atoms with E-state index in [1.165, 1.54) is 0 Å². The van der Waals surface area contributed by atoms with Crippen molar-refractivity contribution in [2.45, 2.75) is 24.8 Å². The highest BCUT2D eigenvalue weighted by atomic mass is 32.2. The van der Waals surface area contributed by atoms with E-state index in [1.54, 1.807) is 22.7 Å². The number of fused-ring (bicyclic) bond motifs is 3. The molecule has 0 spiro atoms. The molecule has 1 atom stereocenters. The van der Waals surface area contributed by atoms with Crippen LogP contribution in [0.3, 0.4) is 0 Å². The summed E-state index contributed by atoms with van der Waals surface area (Å²) >= 11 is 1.59. The van der Waals surface area contributed by atoms with Crippen molar-refractivity contribution < 1.29 is 24.2 Å². The molecule has 34 heavy (non-hydrogen) atoms. The Labute approximate surface area is 203 Å². The standard InChI is InChI=1S/C26H28N2O5S/c1-34-15-12-23(24(29)28-13-10-17(11-14-28)25(30)31)27-26(32)33-16-22-20-8-4-2-6-18(20)19-7-3-5-9-21(19)22/h2-10,22-23H,11-16H2,1H3,(H,27,32)(H,30,31)/t23-/m0/s1. The molecule has 7 nitrogen and oxygen atoms in total. The van der Waals surface area contributed by atoms with Crippen molar-refractivity contribution in [2.24, 2.45) is 0 Å². The first kappa shape index (κ1) is 23.9. The molecule has 0 radical (unpaired) electrons. The van der Waals surface area contributed by atoms with Crippen LogP contribution in [0, 0.1) is 0 Å². The third-order valence-corrected chi connectivity index (χ3v) is 6.98. The van der Waals surface area contributed by atoms with Gasteiger partial charge in [0.05, 0.1) is 0 Å². The molecule has 2 N–H and O–H groups in total. The number of nitrogens with zero attached hydrogens (tertiary/aromatic N) is 1. The van der Waals surface area contributed by atoms with Crippen molar-refractivity contribution in [3.63, 3.8) is 0 Å². The predicted octanol–water partition coefficient (Wildman–Crippen LogP) is 3.89. The van der Waals surface area contributed by atoms with Gasteiger partial charge in [0, 0.05) is 24.6 Å². The molecule has 2 aromatic carbocycles. The van der Waals surface area contributed by atoms with Gasteiger partial charge in [-0.25, -0.2) is 9.59 Å². The van der Waals surface area contributed by atoms with Crippen LogP contribution < -0.4 is 5.32 Å². The van der Waals surface area contributed by atoms with E-state index >= 15 is 0 Å². The first-order valence-electron chi connectivity index (χ1n) is 11.3. The monoisotopic (exact) mass is 480 g/mol. The third-order valence-electron chi connectivity index (χ3n) is 6.34. The molecule has 1 heterocycles. The zero-order chi connectivity index (χ0) is 24.1. The van der Waals surface area contributed by atoms with Gasteiger partial charge in [0.1, 0.15) is 12.6 Å². The Morgan fingerprint density at radius 1 is 1.12 bits per heavy atom. The smallest absolute Gasteiger partial charge is 0.407 e. The van der Waals surface area contributed by atoms with Crippen molar-refractivity contribution in [3.05, 3.63) is 71.3 Å². The largest absolute Gasteiger partial charge is 0.478 e. The number of nitrogens with one attached hydrogen (secondary N) is 1. The SMILES string of the molecule is CSCC[C@H](NC(=O)OCC1c2ccccc2-c2ccccc21)C(=O)N1CC=C(C(=O)O)CC1. The van der Waals surface area contributed by atoms with Gasteiger partial charge in [-0.15, -0.1) is 0 Å². The number of benzene rings is 2. The summed E-state index contributed by atoms with van der Waals surface area (Å²) in [5.41, 5.74) is 4.87. The van der Waals surface area contributed by atoms with Crippen LogP contribution in [-0.4, -0.2) is 65.7 Å². The minimum atomic E-state index is -0.956. The van der Waals surface area contributed by atoms with E-state index in [-0.39, 0.29) is 25.0 Å². The van der Waals surface area contributed by atoms with E-state index in [2.05, 4.69) is 29.6 Å². The first-order chi connectivity index (χ1) is 16.5. The number of carbonyl (C=O) groups is 3. The molecule has 1 aliphatic heterocycles. The Balaban J connectivity index is 1.40. The van der Waals surface area contributed by atoms with Crippen LogP contribution in [0.4, 0.5) is 4.79 Å². The highest BCUT2D eigenvalue weighted by molar-refractivity contribution is 7.98. The van der Waals surface area contributed by atoms with Gasteiger partial charge in [0.25, 0.3) is 0 Å². The fraction of sp³-hybridized carbons (Fsp3) is 0.346. The number of carboxylic acid groups (broad SMARTS) is 1. The summed E-state index contributed by atoms with van der Waals surface area (Å²) in [6.07, 6.45) is 3.64. The number of alkyl carbamates (subject to hydrolysis) is 1. The zero-order valence-electron chi connectivity index (χ0n) is 19.0. The fourth-order valence-corrected chi connectivity index (χ4v) is 5.03. The number of carboxylic acids is 1. The Morgan fingerprint density at radius 2 is 1.76 bits per heavy atom. The molecular weight excluding hydrogens is 452 g/mol. The summed E-state index contributed by atoms with van der Waals surface area (Å²) in [4.78, 5) is 38.5. The predicted molar refractivity (Wildman–Crippen MR) is 132 cm³/mol. The summed E-state index contributed by atoms with van der Waals surface area (Å²) in [7, 11) is 0. The molecule has 178 valence electrons. The van der Waals surface area contributed by atoms with Gasteiger partial charge in [-0.2, -0.15) is 11.8 Å². The van der Waals surface area contributed by atoms with Gasteiger partial charge < -0.3 is 20.1 Å². The average molecular weight is 481 g/mol. The number of thioether (sulfide) groups is 1. The number of hydrogen-bond acceptors (Lipinski definition) is 5. The number of aliphatic carboxylic acids is 1. The summed E-state index contributed by atoms with van der Waals surface area (Å²) < 4.78 is 5.62. The highest BCUT2D eigenvalue weighted by Crippen LogP contribution is 2.44. The van der Waals surface area contributed by atoms with Crippen molar-refractivity contribution >= 4 is 29.7 Å². The van der Waals surface area contributed by atoms with Crippen LogP contribution in [0.5, 0.6) is 0 Å². The summed E-state index contributed by atoms with van der Waals surface area (Å²) in [5.74, 6) is -0.532. The molecule has 0 aromatic heterocycles. The van der Waals surface area contributed by atoms with Gasteiger partial charge in [-0.3, -0.25) is 4.79 Å². The van der Waals surface area contributed by atoms with E-state index in [9.17, 15) is 14.4 Å². The molecular formula is C26H28N2O5S. The lowest BCUT2D eigenvalue weighted by Gasteiger charge is -2.29. The maximum Gasteiger partial charge on any atom is 0.407 e. The lowest BCUT2D eigenvalue weighted by molar-refractivity contribution is -0.135. The molecule has 0 unspecified atom stereocenters. The normalized spacial score (nSPS) is 15.7. The second-order valence-electron chi connectivity index (χ2n) is 8.37. The average Bonchev–Trinajstić information content (AvgIpc) is 3.18. The number of amides is 2. The van der Waals surface area contributed by atoms with E-state index in [0.717, 1.165) is 22.3 Å². The van der Waals surface area contributed by atoms with Crippen molar-refractivity contribution in [2.75, 3.05) is 31.7 Å². The van der Waals surface area contributed by atoms with Crippen molar-refractivity contribution in [3.8, 4) is 11.1 Å². The number of ether oxygens (including phenoxy) is 1. The molecule has 0 bridgehead atoms. The molecule has 0 saturated carbocycles. The maximum absolute atomic E-state index is 13.1. The molecule has 0 fully saturated rings. The first-order valence-corrected chi connectivity index (χ1v) is 12.7. The van der Waals surface area contributed by atoms with Gasteiger partial charge in [-0.05, 0) is 47.1 Å². The molecule has 2 aromatic rings. The van der Waals surface area contributed by atoms with Crippen molar-refractivity contribution in [1.29, 1.82) is 0 Å². The van der Waals surface area contributed by atoms with E-state index in [4.69, 9.17) is 9.84 Å². The lowest BCUT2D eigenvalue weighted by Crippen LogP contribution is -2.50. The van der Waals surface area contributed by atoms with Crippen LogP contribution in [0.1, 0.15) is 29.9 Å². The van der Waals surface area contributed by atoms with Gasteiger partial charge in [-0.1, -0.05) is 54.6 Å². The minimum Gasteiger partial charge on any atom is -0.478 e. The topological polar surface area (TPSA) is 95.9 Å². The van der Waals surface area contributed by atoms with Gasteiger partial charge in [0.15, 0.2) is 0 Å². The highest BCUT2D eigenvalue weighted by Gasteiger charge is 2.31. The van der Waals surface area contributed by atoms with Gasteiger partial charge in [0.2, 0.25) is 5.91 Å². The zero-order valence-corrected chi connectivity index (χ0v) is 19.8. The quantitative estimate of drug-likeness (QED) is 0.595. The molecule has 2 aliphatic rings. The van der Waals surface area contributed by atoms with Crippen LogP contribution in [-0.2, 0) is 14.3 Å². The second-order valence-corrected chi connectivity index (χ2v) is 9.36. The Hall–Kier alpha value is -3.26. The van der Waals surface area contributed by atoms with Crippen LogP contribution in [0.15, 0.2) is 60.2 Å². The summed E-state index contributed by atoms with van der Waals surface area (Å²) in [5, 5.41) is 11.9. The lowest BCUT2D eigenvalue weighted by atomic mass is 9.98. The fourth-order valence-electron chi connectivity index (χ4n) is 4.56. The summed E-state index contributed by atoms with van der Waals surface area (Å²) in [6.45, 7) is 0.722. The van der Waals surface area contributed by atoms with Crippen LogP contribution in [0.2, 0.25) is 0 Å². The Kier molecular flexibility index (Phi) is 7.57. The summed E-state index contributed by atoms with van der Waals surface area (Å²) in [6, 6.07) is 15.5. The molecule has 8 heteroatoms. The van der Waals surface area contributed by atoms with E-state index < -0.39 is 18.1 Å². The Morgan fingerprint density at radius 3 is 2.32 bits per heavy atom. The maximum atomic E-state index is 13.1. The molecule has 0 saturated heterocycles. The number of rotatable bonds is 8. The van der Waals surface area contributed by atoms with Gasteiger partial charge >= 0.3 is 12.1 Å². The molecule has 1 aliphatic carbocycles. The Bertz CT molecular complexity index is 1070. The number of carbonyl (C=O) groups excluding carboxylic acids is 2. The minimum absolute atomic E-state index is 0.0554. The van der Waals surface area contributed by atoms with Crippen LogP contribution >= 0.6 is 11.8 Å². The third kappa shape index (κ3) is 5.12. The molecule has 2 amide bonds. The van der Waals surface area contributed by atoms with E-state index in [0.29, 0.717) is 30.7 Å².